The Balaban J connectivity index is 2.44. The van der Waals surface area contributed by atoms with E-state index in [-0.39, 0.29) is 12.5 Å². The van der Waals surface area contributed by atoms with Gasteiger partial charge in [-0.1, -0.05) is 6.42 Å². The number of β-amino-alcohol motifs (C(OH)–C–C–N with tert-alkyl or cyclic N) is 1. The van der Waals surface area contributed by atoms with Gasteiger partial charge in [-0.15, -0.1) is 0 Å². The molecule has 0 aliphatic carbocycles. The van der Waals surface area contributed by atoms with Gasteiger partial charge in [0, 0.05) is 12.5 Å². The molecule has 2 unspecified atom stereocenters. The lowest BCUT2D eigenvalue weighted by molar-refractivity contribution is -0.132. The molecule has 6 N–H and O–H groups in total. The van der Waals surface area contributed by atoms with Gasteiger partial charge in [0.15, 0.2) is 0 Å². The standard InChI is InChI=1S/C10H21BN3O3/c12-4-2-1-3-8(13)10(16)14-6-7(15)5-9(14)11-17/h7-9,15,17H,1-6,12-13H2/t7-,8?,9?/m0/s1. The van der Waals surface area contributed by atoms with E-state index in [1.165, 1.54) is 4.90 Å². The number of rotatable bonds is 6. The fraction of sp³-hybridized carbons (Fsp3) is 0.900. The smallest absolute Gasteiger partial charge is 0.312 e. The van der Waals surface area contributed by atoms with E-state index in [1.807, 2.05) is 0 Å². The summed E-state index contributed by atoms with van der Waals surface area (Å²) in [5, 5.41) is 18.5. The quantitative estimate of drug-likeness (QED) is 0.317. The molecule has 0 bridgehead atoms. The molecule has 1 aliphatic rings. The van der Waals surface area contributed by atoms with Crippen molar-refractivity contribution < 1.29 is 14.9 Å². The fourth-order valence-electron chi connectivity index (χ4n) is 2.08. The van der Waals surface area contributed by atoms with E-state index in [2.05, 4.69) is 0 Å². The monoisotopic (exact) mass is 242 g/mol. The number of nitrogens with zero attached hydrogens (tertiary/aromatic N) is 1. The van der Waals surface area contributed by atoms with Crippen molar-refractivity contribution in [2.75, 3.05) is 13.1 Å². The van der Waals surface area contributed by atoms with E-state index in [1.54, 1.807) is 0 Å². The molecule has 1 aliphatic heterocycles. The molecule has 0 aromatic heterocycles. The molecule has 0 saturated carbocycles. The second-order valence-corrected chi connectivity index (χ2v) is 4.49. The molecule has 0 spiro atoms. The van der Waals surface area contributed by atoms with Crippen molar-refractivity contribution >= 4 is 13.4 Å². The highest BCUT2D eigenvalue weighted by Crippen LogP contribution is 2.18. The summed E-state index contributed by atoms with van der Waals surface area (Å²) in [5.74, 6) is -0.632. The van der Waals surface area contributed by atoms with Crippen LogP contribution in [0.2, 0.25) is 0 Å². The number of unbranched alkanes of at least 4 members (excludes halogenated alkanes) is 1. The van der Waals surface area contributed by atoms with Crippen LogP contribution in [0.3, 0.4) is 0 Å². The molecule has 1 amide bonds. The van der Waals surface area contributed by atoms with Gasteiger partial charge in [0.05, 0.1) is 12.1 Å². The van der Waals surface area contributed by atoms with Crippen LogP contribution in [-0.4, -0.2) is 59.6 Å². The highest BCUT2D eigenvalue weighted by molar-refractivity contribution is 6.28. The highest BCUT2D eigenvalue weighted by atomic mass is 16.3. The maximum absolute atomic E-state index is 12.0. The Hall–Kier alpha value is -0.625. The molecule has 7 heteroatoms. The SMILES string of the molecule is NCCCCC(N)C(=O)N1C[C@@H](O)CC1[B]O. The summed E-state index contributed by atoms with van der Waals surface area (Å²) >= 11 is 0. The first-order chi connectivity index (χ1) is 8.10. The van der Waals surface area contributed by atoms with Gasteiger partial charge in [-0.3, -0.25) is 4.79 Å². The summed E-state index contributed by atoms with van der Waals surface area (Å²) in [6, 6.07) is -0.575. The lowest BCUT2D eigenvalue weighted by Gasteiger charge is -2.25. The fourth-order valence-corrected chi connectivity index (χ4v) is 2.08. The van der Waals surface area contributed by atoms with Crippen molar-refractivity contribution in [2.45, 2.75) is 43.8 Å². The number of aliphatic hydroxyl groups excluding tert-OH is 1. The van der Waals surface area contributed by atoms with Crippen LogP contribution in [0.25, 0.3) is 0 Å². The molecule has 17 heavy (non-hydrogen) atoms. The van der Waals surface area contributed by atoms with Crippen LogP contribution >= 0.6 is 0 Å². The van der Waals surface area contributed by atoms with Crippen LogP contribution < -0.4 is 11.5 Å². The third-order valence-electron chi connectivity index (χ3n) is 3.06. The second-order valence-electron chi connectivity index (χ2n) is 4.49. The first kappa shape index (κ1) is 14.4. The molecule has 1 saturated heterocycles. The van der Waals surface area contributed by atoms with Gasteiger partial charge in [0.1, 0.15) is 0 Å². The summed E-state index contributed by atoms with van der Waals surface area (Å²) in [4.78, 5) is 13.4. The molecule has 1 heterocycles. The average Bonchev–Trinajstić information content (AvgIpc) is 2.69. The van der Waals surface area contributed by atoms with E-state index in [4.69, 9.17) is 16.5 Å². The molecular formula is C10H21BN3O3. The molecule has 6 nitrogen and oxygen atoms in total. The van der Waals surface area contributed by atoms with Gasteiger partial charge in [-0.2, -0.15) is 0 Å². The molecule has 3 atom stereocenters. The minimum absolute atomic E-state index is 0.214. The van der Waals surface area contributed by atoms with Crippen LogP contribution in [0.1, 0.15) is 25.7 Å². The van der Waals surface area contributed by atoms with Crippen molar-refractivity contribution in [3.05, 3.63) is 0 Å². The maximum Gasteiger partial charge on any atom is 0.312 e. The van der Waals surface area contributed by atoms with Gasteiger partial charge >= 0.3 is 7.48 Å². The number of carbonyl (C=O) groups excluding carboxylic acids is 1. The van der Waals surface area contributed by atoms with Crippen LogP contribution in [0.5, 0.6) is 0 Å². The average molecular weight is 242 g/mol. The first-order valence-corrected chi connectivity index (χ1v) is 6.02. The molecule has 1 radical (unpaired) electrons. The van der Waals surface area contributed by atoms with E-state index < -0.39 is 18.1 Å². The molecule has 1 rings (SSSR count). The Morgan fingerprint density at radius 2 is 2.24 bits per heavy atom. The van der Waals surface area contributed by atoms with Gasteiger partial charge < -0.3 is 26.5 Å². The Kier molecular flexibility index (Phi) is 5.90. The topological polar surface area (TPSA) is 113 Å². The summed E-state index contributed by atoms with van der Waals surface area (Å²) in [6.45, 7) is 0.835. The van der Waals surface area contributed by atoms with Crippen molar-refractivity contribution in [3.63, 3.8) is 0 Å². The third-order valence-corrected chi connectivity index (χ3v) is 3.06. The minimum atomic E-state index is -0.580. The normalized spacial score (nSPS) is 26.0. The number of carbonyl (C=O) groups is 1. The lowest BCUT2D eigenvalue weighted by atomic mass is 9.85. The summed E-state index contributed by atoms with van der Waals surface area (Å²) in [6.07, 6.45) is 2.04. The van der Waals surface area contributed by atoms with Crippen molar-refractivity contribution in [1.82, 2.24) is 4.90 Å². The van der Waals surface area contributed by atoms with Crippen LogP contribution in [0, 0.1) is 0 Å². The minimum Gasteiger partial charge on any atom is -0.452 e. The van der Waals surface area contributed by atoms with Crippen LogP contribution in [-0.2, 0) is 4.79 Å². The molecule has 0 aromatic carbocycles. The number of likely N-dealkylation sites (tertiary alicyclic amines) is 1. The summed E-state index contributed by atoms with van der Waals surface area (Å²) in [7, 11) is 0.945. The highest BCUT2D eigenvalue weighted by Gasteiger charge is 2.36. The lowest BCUT2D eigenvalue weighted by Crippen LogP contribution is -2.48. The van der Waals surface area contributed by atoms with E-state index in [9.17, 15) is 9.90 Å². The zero-order valence-corrected chi connectivity index (χ0v) is 9.96. The Morgan fingerprint density at radius 1 is 1.53 bits per heavy atom. The Morgan fingerprint density at radius 3 is 2.82 bits per heavy atom. The first-order valence-electron chi connectivity index (χ1n) is 6.02. The maximum atomic E-state index is 12.0. The third kappa shape index (κ3) is 3.95. The molecule has 0 aromatic rings. The van der Waals surface area contributed by atoms with Crippen LogP contribution in [0.4, 0.5) is 0 Å². The van der Waals surface area contributed by atoms with Gasteiger partial charge in [-0.05, 0) is 25.8 Å². The van der Waals surface area contributed by atoms with E-state index in [0.29, 0.717) is 19.4 Å². The molecule has 1 fully saturated rings. The predicted octanol–water partition coefficient (Wildman–Crippen LogP) is -2.03. The summed E-state index contributed by atoms with van der Waals surface area (Å²) < 4.78 is 0. The number of hydrogen-bond donors (Lipinski definition) is 4. The Labute approximate surface area is 102 Å². The molecular weight excluding hydrogens is 221 g/mol. The second kappa shape index (κ2) is 6.95. The number of hydrogen-bond acceptors (Lipinski definition) is 5. The largest absolute Gasteiger partial charge is 0.452 e. The number of nitrogens with two attached hydrogens (primary N) is 2. The predicted molar refractivity (Wildman–Crippen MR) is 65.0 cm³/mol. The van der Waals surface area contributed by atoms with Crippen molar-refractivity contribution in [3.8, 4) is 0 Å². The molecule has 97 valence electrons. The van der Waals surface area contributed by atoms with Crippen molar-refractivity contribution in [2.24, 2.45) is 11.5 Å². The summed E-state index contributed by atoms with van der Waals surface area (Å²) in [5.41, 5.74) is 11.2. The van der Waals surface area contributed by atoms with Gasteiger partial charge in [0.25, 0.3) is 0 Å². The number of aliphatic hydroxyl groups is 1. The zero-order valence-electron chi connectivity index (χ0n) is 9.96. The van der Waals surface area contributed by atoms with Gasteiger partial charge in [0.2, 0.25) is 5.91 Å². The Bertz CT molecular complexity index is 255. The van der Waals surface area contributed by atoms with Crippen LogP contribution in [0.15, 0.2) is 0 Å². The van der Waals surface area contributed by atoms with E-state index >= 15 is 0 Å². The van der Waals surface area contributed by atoms with E-state index in [0.717, 1.165) is 20.3 Å². The number of amides is 1. The van der Waals surface area contributed by atoms with Gasteiger partial charge in [-0.25, -0.2) is 0 Å². The van der Waals surface area contributed by atoms with Crippen molar-refractivity contribution in [1.29, 1.82) is 0 Å². The zero-order chi connectivity index (χ0) is 12.8.